The van der Waals surface area contributed by atoms with Crippen LogP contribution in [-0.2, 0) is 4.79 Å². The molecule has 1 atom stereocenters. The van der Waals surface area contributed by atoms with Crippen LogP contribution in [0.3, 0.4) is 0 Å². The van der Waals surface area contributed by atoms with Crippen molar-refractivity contribution < 1.29 is 9.90 Å². The SMILES string of the molecule is CC1CN(CC(=O)O)CCCN1C. The minimum absolute atomic E-state index is 0.179. The average molecular weight is 186 g/mol. The predicted octanol–water partition coefficient (Wildman–Crippen LogP) is 0.0970. The monoisotopic (exact) mass is 186 g/mol. The van der Waals surface area contributed by atoms with E-state index in [9.17, 15) is 4.79 Å². The van der Waals surface area contributed by atoms with E-state index in [4.69, 9.17) is 5.11 Å². The van der Waals surface area contributed by atoms with Crippen molar-refractivity contribution in [1.29, 1.82) is 0 Å². The minimum Gasteiger partial charge on any atom is -0.480 e. The summed E-state index contributed by atoms with van der Waals surface area (Å²) in [5.41, 5.74) is 0. The highest BCUT2D eigenvalue weighted by Gasteiger charge is 2.19. The molecule has 1 heterocycles. The third-order valence-corrected chi connectivity index (χ3v) is 2.62. The lowest BCUT2D eigenvalue weighted by atomic mass is 10.3. The van der Waals surface area contributed by atoms with Crippen molar-refractivity contribution in [2.45, 2.75) is 19.4 Å². The van der Waals surface area contributed by atoms with Gasteiger partial charge in [0.1, 0.15) is 0 Å². The highest BCUT2D eigenvalue weighted by Crippen LogP contribution is 2.06. The van der Waals surface area contributed by atoms with E-state index in [0.29, 0.717) is 6.04 Å². The van der Waals surface area contributed by atoms with Gasteiger partial charge in [-0.3, -0.25) is 9.69 Å². The van der Waals surface area contributed by atoms with E-state index in [2.05, 4.69) is 18.9 Å². The van der Waals surface area contributed by atoms with E-state index in [0.717, 1.165) is 26.1 Å². The van der Waals surface area contributed by atoms with Crippen LogP contribution in [0, 0.1) is 0 Å². The third kappa shape index (κ3) is 3.32. The Hall–Kier alpha value is -0.610. The maximum absolute atomic E-state index is 10.5. The Morgan fingerprint density at radius 2 is 2.23 bits per heavy atom. The molecule has 1 N–H and O–H groups in total. The molecule has 0 amide bonds. The van der Waals surface area contributed by atoms with Gasteiger partial charge < -0.3 is 10.0 Å². The van der Waals surface area contributed by atoms with Gasteiger partial charge in [-0.25, -0.2) is 0 Å². The van der Waals surface area contributed by atoms with Gasteiger partial charge in [-0.15, -0.1) is 0 Å². The molecule has 0 radical (unpaired) electrons. The molecule has 0 saturated carbocycles. The van der Waals surface area contributed by atoms with Gasteiger partial charge in [0.15, 0.2) is 0 Å². The van der Waals surface area contributed by atoms with Crippen LogP contribution in [0.25, 0.3) is 0 Å². The number of nitrogens with zero attached hydrogens (tertiary/aromatic N) is 2. The first kappa shape index (κ1) is 10.5. The maximum atomic E-state index is 10.5. The van der Waals surface area contributed by atoms with E-state index in [-0.39, 0.29) is 6.54 Å². The van der Waals surface area contributed by atoms with Crippen molar-refractivity contribution >= 4 is 5.97 Å². The summed E-state index contributed by atoms with van der Waals surface area (Å²) in [6.45, 7) is 5.15. The first-order valence-electron chi connectivity index (χ1n) is 4.74. The number of carboxylic acid groups (broad SMARTS) is 1. The van der Waals surface area contributed by atoms with Gasteiger partial charge in [-0.2, -0.15) is 0 Å². The summed E-state index contributed by atoms with van der Waals surface area (Å²) in [4.78, 5) is 14.8. The molecule has 4 heteroatoms. The van der Waals surface area contributed by atoms with Crippen LogP contribution in [0.4, 0.5) is 0 Å². The summed E-state index contributed by atoms with van der Waals surface area (Å²) < 4.78 is 0. The summed E-state index contributed by atoms with van der Waals surface area (Å²) >= 11 is 0. The second-order valence-corrected chi connectivity index (χ2v) is 3.81. The number of hydrogen-bond donors (Lipinski definition) is 1. The molecule has 0 spiro atoms. The molecular formula is C9H18N2O2. The maximum Gasteiger partial charge on any atom is 0.317 e. The van der Waals surface area contributed by atoms with Gasteiger partial charge in [-0.1, -0.05) is 0 Å². The molecular weight excluding hydrogens is 168 g/mol. The van der Waals surface area contributed by atoms with Crippen LogP contribution >= 0.6 is 0 Å². The van der Waals surface area contributed by atoms with E-state index in [1.165, 1.54) is 0 Å². The Labute approximate surface area is 79.1 Å². The summed E-state index contributed by atoms with van der Waals surface area (Å²) in [7, 11) is 2.09. The van der Waals surface area contributed by atoms with Crippen LogP contribution in [0.15, 0.2) is 0 Å². The van der Waals surface area contributed by atoms with Gasteiger partial charge in [0, 0.05) is 19.1 Å². The van der Waals surface area contributed by atoms with Crippen molar-refractivity contribution in [2.24, 2.45) is 0 Å². The predicted molar refractivity (Wildman–Crippen MR) is 50.8 cm³/mol. The standard InChI is InChI=1S/C9H18N2O2/c1-8-6-11(7-9(12)13)5-3-4-10(8)2/h8H,3-7H2,1-2H3,(H,12,13). The van der Waals surface area contributed by atoms with E-state index >= 15 is 0 Å². The number of rotatable bonds is 2. The van der Waals surface area contributed by atoms with E-state index in [1.54, 1.807) is 0 Å². The van der Waals surface area contributed by atoms with Gasteiger partial charge in [-0.05, 0) is 26.9 Å². The molecule has 1 aliphatic rings. The van der Waals surface area contributed by atoms with Gasteiger partial charge in [0.05, 0.1) is 6.54 Å². The summed E-state index contributed by atoms with van der Waals surface area (Å²) in [6.07, 6.45) is 1.06. The van der Waals surface area contributed by atoms with Crippen LogP contribution in [-0.4, -0.2) is 60.1 Å². The molecule has 1 fully saturated rings. The van der Waals surface area contributed by atoms with Crippen molar-refractivity contribution in [3.05, 3.63) is 0 Å². The number of aliphatic carboxylic acids is 1. The third-order valence-electron chi connectivity index (χ3n) is 2.62. The second-order valence-electron chi connectivity index (χ2n) is 3.81. The van der Waals surface area contributed by atoms with Crippen LogP contribution < -0.4 is 0 Å². The number of carbonyl (C=O) groups is 1. The molecule has 76 valence electrons. The van der Waals surface area contributed by atoms with Gasteiger partial charge in [0.2, 0.25) is 0 Å². The van der Waals surface area contributed by atoms with E-state index < -0.39 is 5.97 Å². The molecule has 13 heavy (non-hydrogen) atoms. The molecule has 4 nitrogen and oxygen atoms in total. The quantitative estimate of drug-likeness (QED) is 0.664. The first-order valence-corrected chi connectivity index (χ1v) is 4.74. The summed E-state index contributed by atoms with van der Waals surface area (Å²) in [5.74, 6) is -0.725. The summed E-state index contributed by atoms with van der Waals surface area (Å²) in [6, 6.07) is 0.460. The molecule has 0 bridgehead atoms. The van der Waals surface area contributed by atoms with Crippen LogP contribution in [0.2, 0.25) is 0 Å². The normalized spacial score (nSPS) is 27.1. The smallest absolute Gasteiger partial charge is 0.317 e. The number of hydrogen-bond acceptors (Lipinski definition) is 3. The second kappa shape index (κ2) is 4.58. The van der Waals surface area contributed by atoms with Gasteiger partial charge >= 0.3 is 5.97 Å². The molecule has 1 saturated heterocycles. The molecule has 0 aliphatic carbocycles. The first-order chi connectivity index (χ1) is 6.09. The Morgan fingerprint density at radius 3 is 2.85 bits per heavy atom. The lowest BCUT2D eigenvalue weighted by Gasteiger charge is -2.24. The lowest BCUT2D eigenvalue weighted by molar-refractivity contribution is -0.138. The Bertz CT molecular complexity index is 184. The fraction of sp³-hybridized carbons (Fsp3) is 0.889. The molecule has 1 unspecified atom stereocenters. The largest absolute Gasteiger partial charge is 0.480 e. The molecule has 0 aromatic heterocycles. The Balaban J connectivity index is 2.44. The van der Waals surface area contributed by atoms with Crippen molar-refractivity contribution in [1.82, 2.24) is 9.80 Å². The summed E-state index contributed by atoms with van der Waals surface area (Å²) in [5, 5.41) is 8.65. The van der Waals surface area contributed by atoms with Gasteiger partial charge in [0.25, 0.3) is 0 Å². The fourth-order valence-electron chi connectivity index (χ4n) is 1.70. The molecule has 0 aromatic rings. The Morgan fingerprint density at radius 1 is 1.54 bits per heavy atom. The van der Waals surface area contributed by atoms with Crippen molar-refractivity contribution in [3.8, 4) is 0 Å². The zero-order valence-corrected chi connectivity index (χ0v) is 8.36. The van der Waals surface area contributed by atoms with E-state index in [1.807, 2.05) is 4.90 Å². The lowest BCUT2D eigenvalue weighted by Crippen LogP contribution is -2.38. The topological polar surface area (TPSA) is 43.8 Å². The highest BCUT2D eigenvalue weighted by atomic mass is 16.4. The molecule has 0 aromatic carbocycles. The van der Waals surface area contributed by atoms with Crippen molar-refractivity contribution in [3.63, 3.8) is 0 Å². The number of likely N-dealkylation sites (N-methyl/N-ethyl adjacent to an activating group) is 1. The van der Waals surface area contributed by atoms with Crippen LogP contribution in [0.1, 0.15) is 13.3 Å². The zero-order chi connectivity index (χ0) is 9.84. The van der Waals surface area contributed by atoms with Crippen LogP contribution in [0.5, 0.6) is 0 Å². The zero-order valence-electron chi connectivity index (χ0n) is 8.36. The molecule has 1 rings (SSSR count). The Kier molecular flexibility index (Phi) is 3.69. The highest BCUT2D eigenvalue weighted by molar-refractivity contribution is 5.69. The van der Waals surface area contributed by atoms with Crippen molar-refractivity contribution in [2.75, 3.05) is 33.2 Å². The minimum atomic E-state index is -0.725. The molecule has 1 aliphatic heterocycles. The fourth-order valence-corrected chi connectivity index (χ4v) is 1.70. The average Bonchev–Trinajstić information content (AvgIpc) is 2.14. The number of carboxylic acids is 1.